The molecule has 45 heavy (non-hydrogen) atoms. The number of imidazole rings is 1. The minimum Gasteiger partial charge on any atom is -0.390 e. The number of nitrogens with two attached hydrogens (primary N) is 1. The number of aromatic nitrogens is 7. The van der Waals surface area contributed by atoms with E-state index >= 15 is 0 Å². The lowest BCUT2D eigenvalue weighted by atomic mass is 10.1. The Bertz CT molecular complexity index is 1940. The predicted molar refractivity (Wildman–Crippen MR) is 157 cm³/mol. The van der Waals surface area contributed by atoms with Crippen LogP contribution in [0, 0.1) is 9.49 Å². The Balaban J connectivity index is 1.21. The highest BCUT2D eigenvalue weighted by atomic mass is 127. The molecule has 2 aliphatic heterocycles. The van der Waals surface area contributed by atoms with Crippen LogP contribution in [0.15, 0.2) is 30.0 Å². The largest absolute Gasteiger partial charge is 0.472 e. The van der Waals surface area contributed by atoms with Crippen molar-refractivity contribution in [2.45, 2.75) is 49.2 Å². The Labute approximate surface area is 264 Å². The monoisotopic (exact) mass is 782 g/mol. The molecule has 1 aliphatic carbocycles. The van der Waals surface area contributed by atoms with Crippen LogP contribution >= 0.6 is 38.2 Å². The average Bonchev–Trinajstić information content (AvgIpc) is 3.71. The number of hydrogen-bond acceptors (Lipinski definition) is 15. The van der Waals surface area contributed by atoms with Crippen LogP contribution < -0.4 is 11.3 Å². The van der Waals surface area contributed by atoms with Crippen LogP contribution in [-0.2, 0) is 32.0 Å². The zero-order valence-electron chi connectivity index (χ0n) is 22.6. The SMILES string of the molecule is Nc1ncnc2c1c(I)cn2[C@@H]1O[C@@H]2COP(=O)(O)O[C@H]3C(O)[C@@H](COP(=O)(O)OC2[C@@H]1O)C[C@H]3n1cnc2c(=O)[nH]cnc21. The minimum atomic E-state index is -5.00. The Morgan fingerprint density at radius 2 is 1.71 bits per heavy atom. The molecule has 0 radical (unpaired) electrons. The van der Waals surface area contributed by atoms with Crippen molar-refractivity contribution in [1.82, 2.24) is 34.1 Å². The van der Waals surface area contributed by atoms with Gasteiger partial charge in [-0.15, -0.1) is 0 Å². The predicted octanol–water partition coefficient (Wildman–Crippen LogP) is -0.0505. The van der Waals surface area contributed by atoms with Gasteiger partial charge in [0.15, 0.2) is 17.4 Å². The molecule has 4 unspecified atom stereocenters. The van der Waals surface area contributed by atoms with Gasteiger partial charge in [0.2, 0.25) is 0 Å². The summed E-state index contributed by atoms with van der Waals surface area (Å²) in [5.41, 5.74) is 5.84. The number of nitrogens with one attached hydrogen (secondary N) is 1. The molecular weight excluding hydrogens is 757 g/mol. The third-order valence-corrected chi connectivity index (χ3v) is 10.8. The number of nitrogen functional groups attached to an aromatic ring is 1. The summed E-state index contributed by atoms with van der Waals surface area (Å²) < 4.78 is 57.1. The van der Waals surface area contributed by atoms with Crippen molar-refractivity contribution in [2.24, 2.45) is 5.92 Å². The maximum atomic E-state index is 13.3. The van der Waals surface area contributed by atoms with Crippen molar-refractivity contribution in [2.75, 3.05) is 18.9 Å². The second-order valence-electron chi connectivity index (χ2n) is 10.7. The van der Waals surface area contributed by atoms with Crippen LogP contribution in [0.5, 0.6) is 0 Å². The summed E-state index contributed by atoms with van der Waals surface area (Å²) >= 11 is 2.00. The molecule has 0 aromatic carbocycles. The van der Waals surface area contributed by atoms with Crippen molar-refractivity contribution in [3.8, 4) is 0 Å². The number of phosphoric ester groups is 2. The van der Waals surface area contributed by atoms with Crippen LogP contribution in [-0.4, -0.2) is 97.8 Å². The number of aliphatic hydroxyl groups is 2. The standard InChI is InChI=1S/C22H25IN8O12P2/c23-9-2-30(19-12(9)18(24)25-5-26-19)22-15(33)17-11(41-22)4-40-45(37,38)42-16-10(1-8(14(16)32)3-39-44(35,36)43-17)31-7-29-13-20(31)27-6-28-21(13)34/h2,5-8,10-11,14-17,22,32-33H,1,3-4H2,(H,35,36)(H,37,38)(H2,24,25,26)(H,27,28,34)/t8-,10-,11-,14?,15+,16-,17?,22-/m1/s1. The summed E-state index contributed by atoms with van der Waals surface area (Å²) in [5.74, 6) is -0.762. The molecule has 6 heterocycles. The first kappa shape index (κ1) is 31.2. The summed E-state index contributed by atoms with van der Waals surface area (Å²) in [5, 5.41) is 22.9. The second kappa shape index (κ2) is 11.4. The van der Waals surface area contributed by atoms with E-state index in [1.165, 1.54) is 21.8 Å². The van der Waals surface area contributed by atoms with Gasteiger partial charge in [-0.2, -0.15) is 0 Å². The van der Waals surface area contributed by atoms with E-state index in [-0.39, 0.29) is 29.0 Å². The maximum Gasteiger partial charge on any atom is 0.472 e. The zero-order valence-corrected chi connectivity index (χ0v) is 26.6. The van der Waals surface area contributed by atoms with Gasteiger partial charge in [-0.3, -0.25) is 22.9 Å². The van der Waals surface area contributed by atoms with E-state index in [2.05, 4.69) is 24.9 Å². The first-order valence-electron chi connectivity index (χ1n) is 13.3. The average molecular weight is 782 g/mol. The second-order valence-corrected chi connectivity index (χ2v) is 14.7. The molecule has 10 atom stereocenters. The third-order valence-electron chi connectivity index (χ3n) is 8.01. The summed E-state index contributed by atoms with van der Waals surface area (Å²) in [7, 11) is -9.95. The van der Waals surface area contributed by atoms with Gasteiger partial charge < -0.3 is 44.6 Å². The highest BCUT2D eigenvalue weighted by Gasteiger charge is 2.53. The van der Waals surface area contributed by atoms with Crippen LogP contribution in [0.4, 0.5) is 5.82 Å². The molecular formula is C22H25IN8O12P2. The Morgan fingerprint density at radius 1 is 0.978 bits per heavy atom. The molecule has 2 bridgehead atoms. The summed E-state index contributed by atoms with van der Waals surface area (Å²) in [6.45, 7) is -1.32. The van der Waals surface area contributed by atoms with Crippen LogP contribution in [0.2, 0.25) is 0 Å². The first-order chi connectivity index (χ1) is 21.3. The summed E-state index contributed by atoms with van der Waals surface area (Å²) in [6.07, 6.45) is -3.69. The maximum absolute atomic E-state index is 13.3. The number of ether oxygens (including phenoxy) is 1. The minimum absolute atomic E-state index is 0.0179. The van der Waals surface area contributed by atoms with Crippen LogP contribution in [0.1, 0.15) is 18.7 Å². The fraction of sp³-hybridized carbons (Fsp3) is 0.500. The summed E-state index contributed by atoms with van der Waals surface area (Å²) in [4.78, 5) is 52.4. The number of phosphoric acid groups is 2. The van der Waals surface area contributed by atoms with Gasteiger partial charge in [-0.05, 0) is 29.0 Å². The van der Waals surface area contributed by atoms with Gasteiger partial charge in [0, 0.05) is 15.7 Å². The third kappa shape index (κ3) is 5.53. The molecule has 3 aliphatic rings. The van der Waals surface area contributed by atoms with E-state index in [0.717, 1.165) is 6.33 Å². The lowest BCUT2D eigenvalue weighted by molar-refractivity contribution is -0.0551. The number of anilines is 1. The highest BCUT2D eigenvalue weighted by molar-refractivity contribution is 14.1. The molecule has 4 aromatic rings. The quantitative estimate of drug-likeness (QED) is 0.115. The van der Waals surface area contributed by atoms with Gasteiger partial charge in [0.25, 0.3) is 5.56 Å². The van der Waals surface area contributed by atoms with Crippen LogP contribution in [0.3, 0.4) is 0 Å². The normalized spacial score (nSPS) is 37.7. The van der Waals surface area contributed by atoms with Crippen molar-refractivity contribution in [1.29, 1.82) is 0 Å². The number of aromatic amines is 1. The molecule has 242 valence electrons. The molecule has 23 heteroatoms. The lowest BCUT2D eigenvalue weighted by Crippen LogP contribution is -2.36. The number of halogens is 1. The first-order valence-corrected chi connectivity index (χ1v) is 17.4. The van der Waals surface area contributed by atoms with Gasteiger partial charge >= 0.3 is 15.6 Å². The van der Waals surface area contributed by atoms with Gasteiger partial charge in [-0.25, -0.2) is 29.1 Å². The Morgan fingerprint density at radius 3 is 2.49 bits per heavy atom. The fourth-order valence-electron chi connectivity index (χ4n) is 5.95. The van der Waals surface area contributed by atoms with Gasteiger partial charge in [0.1, 0.15) is 42.2 Å². The van der Waals surface area contributed by atoms with E-state index in [1.54, 1.807) is 6.20 Å². The highest BCUT2D eigenvalue weighted by Crippen LogP contribution is 2.55. The molecule has 3 fully saturated rings. The van der Waals surface area contributed by atoms with E-state index in [0.29, 0.717) is 8.96 Å². The Kier molecular flexibility index (Phi) is 7.90. The molecule has 1 saturated carbocycles. The molecule has 4 aromatic heterocycles. The summed E-state index contributed by atoms with van der Waals surface area (Å²) in [6, 6.07) is -0.931. The number of fused-ring (bicyclic) bond motifs is 5. The van der Waals surface area contributed by atoms with Crippen molar-refractivity contribution < 1.29 is 52.0 Å². The van der Waals surface area contributed by atoms with E-state index in [4.69, 9.17) is 28.6 Å². The Hall–Kier alpha value is -2.40. The van der Waals surface area contributed by atoms with E-state index in [1.807, 2.05) is 22.6 Å². The number of nitrogens with zero attached hydrogens (tertiary/aromatic N) is 6. The topological polar surface area (TPSA) is 282 Å². The van der Waals surface area contributed by atoms with Crippen LogP contribution in [0.25, 0.3) is 22.2 Å². The molecule has 2 saturated heterocycles. The number of hydrogen-bond donors (Lipinski definition) is 6. The van der Waals surface area contributed by atoms with Crippen molar-refractivity contribution in [3.63, 3.8) is 0 Å². The fourth-order valence-corrected chi connectivity index (χ4v) is 8.75. The lowest BCUT2D eigenvalue weighted by Gasteiger charge is -2.26. The van der Waals surface area contributed by atoms with Crippen molar-refractivity contribution >= 4 is 66.3 Å². The number of rotatable bonds is 2. The zero-order chi connectivity index (χ0) is 31.8. The molecule has 7 N–H and O–H groups in total. The van der Waals surface area contributed by atoms with E-state index < -0.39 is 83.1 Å². The van der Waals surface area contributed by atoms with E-state index in [9.17, 15) is 33.9 Å². The molecule has 0 amide bonds. The molecule has 7 rings (SSSR count). The van der Waals surface area contributed by atoms with Gasteiger partial charge in [0.05, 0.1) is 43.4 Å². The molecule has 20 nitrogen and oxygen atoms in total. The smallest absolute Gasteiger partial charge is 0.390 e. The molecule has 0 spiro atoms. The number of H-pyrrole nitrogens is 1. The number of aliphatic hydroxyl groups excluding tert-OH is 2. The van der Waals surface area contributed by atoms with Crippen molar-refractivity contribution in [3.05, 3.63) is 39.1 Å². The van der Waals surface area contributed by atoms with Gasteiger partial charge in [-0.1, -0.05) is 0 Å².